The summed E-state index contributed by atoms with van der Waals surface area (Å²) in [4.78, 5) is 0. The molecule has 0 aromatic carbocycles. The van der Waals surface area contributed by atoms with Gasteiger partial charge in [0, 0.05) is 20.1 Å². The molecule has 3 saturated carbocycles. The second-order valence-corrected chi connectivity index (χ2v) is 15.4. The van der Waals surface area contributed by atoms with Crippen LogP contribution >= 0.6 is 15.7 Å². The molecule has 0 heterocycles. The molecule has 3 fully saturated rings. The maximum absolute atomic E-state index is 10.7. The van der Waals surface area contributed by atoms with Crippen LogP contribution in [0.2, 0.25) is 0 Å². The number of halogens is 6. The molecule has 35 heavy (non-hydrogen) atoms. The monoisotopic (exact) mass is 726 g/mol. The Morgan fingerprint density at radius 3 is 0.829 bits per heavy atom. The summed E-state index contributed by atoms with van der Waals surface area (Å²) in [6, 6.07) is 0. The minimum absolute atomic E-state index is 0. The minimum atomic E-state index is -10.7. The Morgan fingerprint density at radius 2 is 0.629 bits per heavy atom. The fourth-order valence-electron chi connectivity index (χ4n) is 5.89. The van der Waals surface area contributed by atoms with Crippen LogP contribution in [0.1, 0.15) is 122 Å². The SMILES string of the molecule is C1=C\CC/C=C\CC/1.C1CCC(P(C2CCCCC2)C2CCCCC2)CC1.F[P-](F)(F)(F)(F)F.[Ir]. The van der Waals surface area contributed by atoms with Gasteiger partial charge >= 0.3 is 33.0 Å². The van der Waals surface area contributed by atoms with E-state index in [2.05, 4.69) is 24.3 Å². The molecule has 4 aliphatic rings. The first-order chi connectivity index (χ1) is 15.9. The van der Waals surface area contributed by atoms with Gasteiger partial charge in [-0.25, -0.2) is 0 Å². The molecular formula is C26H45F6IrP2-. The van der Waals surface area contributed by atoms with Crippen LogP contribution in [0, 0.1) is 0 Å². The molecule has 0 bridgehead atoms. The van der Waals surface area contributed by atoms with Crippen molar-refractivity contribution in [1.29, 1.82) is 0 Å². The molecule has 0 nitrogen and oxygen atoms in total. The molecule has 0 aromatic heterocycles. The predicted octanol–water partition coefficient (Wildman–Crippen LogP) is 12.5. The van der Waals surface area contributed by atoms with Gasteiger partial charge in [0.2, 0.25) is 0 Å². The van der Waals surface area contributed by atoms with Crippen molar-refractivity contribution < 1.29 is 45.3 Å². The van der Waals surface area contributed by atoms with Crippen molar-refractivity contribution in [2.45, 2.75) is 139 Å². The van der Waals surface area contributed by atoms with E-state index in [1.54, 1.807) is 77.0 Å². The maximum atomic E-state index is 9.87. The second kappa shape index (κ2) is 15.2. The second-order valence-electron chi connectivity index (χ2n) is 10.4. The van der Waals surface area contributed by atoms with Crippen LogP contribution in [-0.4, -0.2) is 17.0 Å². The van der Waals surface area contributed by atoms with Gasteiger partial charge < -0.3 is 0 Å². The summed E-state index contributed by atoms with van der Waals surface area (Å²) >= 11 is 0. The quantitative estimate of drug-likeness (QED) is 0.154. The molecule has 0 aromatic rings. The fourth-order valence-corrected chi connectivity index (χ4v) is 10.6. The van der Waals surface area contributed by atoms with Crippen LogP contribution in [0.5, 0.6) is 0 Å². The van der Waals surface area contributed by atoms with Gasteiger partial charge in [0.25, 0.3) is 0 Å². The minimum Gasteiger partial charge on any atom is 0 e. The van der Waals surface area contributed by atoms with Crippen molar-refractivity contribution in [3.8, 4) is 0 Å². The molecule has 0 unspecified atom stereocenters. The summed E-state index contributed by atoms with van der Waals surface area (Å²) in [5.74, 6) is 0. The number of allylic oxidation sites excluding steroid dienone is 4. The fraction of sp³-hybridized carbons (Fsp3) is 0.846. The number of hydrogen-bond donors (Lipinski definition) is 0. The average molecular weight is 726 g/mol. The van der Waals surface area contributed by atoms with E-state index in [4.69, 9.17) is 0 Å². The molecule has 1 radical (unpaired) electrons. The largest absolute Gasteiger partial charge is 0 e. The maximum Gasteiger partial charge on any atom is 0 e. The molecule has 4 rings (SSSR count). The van der Waals surface area contributed by atoms with Crippen LogP contribution in [0.4, 0.5) is 25.2 Å². The van der Waals surface area contributed by atoms with E-state index in [1.807, 2.05) is 0 Å². The van der Waals surface area contributed by atoms with Gasteiger partial charge in [0.15, 0.2) is 0 Å². The molecule has 0 amide bonds. The summed E-state index contributed by atoms with van der Waals surface area (Å²) in [6.07, 6.45) is 37.6. The molecule has 0 aliphatic heterocycles. The molecular weight excluding hydrogens is 680 g/mol. The zero-order valence-corrected chi connectivity index (χ0v) is 25.2. The first-order valence-corrected chi connectivity index (χ1v) is 17.1. The first kappa shape index (κ1) is 33.6. The average Bonchev–Trinajstić information content (AvgIpc) is 2.74. The summed E-state index contributed by atoms with van der Waals surface area (Å²) in [5, 5.41) is 0. The van der Waals surface area contributed by atoms with E-state index in [-0.39, 0.29) is 20.1 Å². The summed E-state index contributed by atoms with van der Waals surface area (Å²) in [6.45, 7) is 0. The smallest absolute Gasteiger partial charge is 0 e. The van der Waals surface area contributed by atoms with E-state index in [9.17, 15) is 25.2 Å². The summed E-state index contributed by atoms with van der Waals surface area (Å²) in [5.41, 5.74) is 3.57. The molecule has 0 N–H and O–H groups in total. The van der Waals surface area contributed by atoms with E-state index in [0.29, 0.717) is 7.92 Å². The van der Waals surface area contributed by atoms with Crippen molar-refractivity contribution in [3.63, 3.8) is 0 Å². The van der Waals surface area contributed by atoms with Gasteiger partial charge in [-0.15, -0.1) is 0 Å². The van der Waals surface area contributed by atoms with Gasteiger partial charge in [-0.05, 0) is 81.2 Å². The Hall–Kier alpha value is 0.569. The third-order valence-corrected chi connectivity index (χ3v) is 11.4. The Labute approximate surface area is 223 Å². The van der Waals surface area contributed by atoms with E-state index >= 15 is 0 Å². The summed E-state index contributed by atoms with van der Waals surface area (Å²) in [7, 11) is -10.3. The van der Waals surface area contributed by atoms with Crippen molar-refractivity contribution in [2.75, 3.05) is 0 Å². The number of hydrogen-bond acceptors (Lipinski definition) is 0. The van der Waals surface area contributed by atoms with Crippen molar-refractivity contribution in [3.05, 3.63) is 24.3 Å². The molecule has 0 spiro atoms. The van der Waals surface area contributed by atoms with E-state index in [1.165, 1.54) is 61.9 Å². The zero-order chi connectivity index (χ0) is 25.0. The Kier molecular flexibility index (Phi) is 14.6. The first-order valence-electron chi connectivity index (χ1n) is 13.5. The van der Waals surface area contributed by atoms with Crippen LogP contribution in [0.3, 0.4) is 0 Å². The van der Waals surface area contributed by atoms with Crippen LogP contribution in [0.25, 0.3) is 0 Å². The van der Waals surface area contributed by atoms with Crippen molar-refractivity contribution >= 4 is 15.7 Å². The third kappa shape index (κ3) is 18.5. The predicted molar refractivity (Wildman–Crippen MR) is 138 cm³/mol. The van der Waals surface area contributed by atoms with Crippen LogP contribution in [-0.2, 0) is 20.1 Å². The zero-order valence-electron chi connectivity index (χ0n) is 21.0. The summed E-state index contributed by atoms with van der Waals surface area (Å²) < 4.78 is 59.2. The number of rotatable bonds is 3. The molecule has 211 valence electrons. The van der Waals surface area contributed by atoms with Crippen molar-refractivity contribution in [1.82, 2.24) is 0 Å². The Bertz CT molecular complexity index is 537. The standard InChI is InChI=1S/C18H33P.C8H12.F6P.Ir/c1-4-10-16(11-5-1)19(17-12-6-2-7-13-17)18-14-8-3-9-15-18;1-2-4-6-8-7-5-3-1;1-7(2,3,4,5)6;/h16-18H,1-15H2;1-2,7-8H,3-6H2;;/q;;-1;/b;2-1-,8-7-;;. The molecule has 0 atom stereocenters. The Balaban J connectivity index is 0.000000319. The van der Waals surface area contributed by atoms with Gasteiger partial charge in [0.05, 0.1) is 0 Å². The van der Waals surface area contributed by atoms with Crippen molar-refractivity contribution in [2.24, 2.45) is 0 Å². The molecule has 4 aliphatic carbocycles. The van der Waals surface area contributed by atoms with Gasteiger partial charge in [0.1, 0.15) is 0 Å². The molecule has 9 heteroatoms. The van der Waals surface area contributed by atoms with Crippen LogP contribution in [0.15, 0.2) is 24.3 Å². The van der Waals surface area contributed by atoms with E-state index < -0.39 is 7.81 Å². The normalized spacial score (nSPS) is 26.7. The van der Waals surface area contributed by atoms with Crippen LogP contribution < -0.4 is 0 Å². The van der Waals surface area contributed by atoms with E-state index in [0.717, 1.165) is 0 Å². The Morgan fingerprint density at radius 1 is 0.429 bits per heavy atom. The van der Waals surface area contributed by atoms with Gasteiger partial charge in [-0.3, -0.25) is 0 Å². The topological polar surface area (TPSA) is 0 Å². The third-order valence-electron chi connectivity index (χ3n) is 7.32. The molecule has 0 saturated heterocycles. The van der Waals surface area contributed by atoms with Gasteiger partial charge in [-0.1, -0.05) is 90.0 Å². The van der Waals surface area contributed by atoms with Gasteiger partial charge in [-0.2, -0.15) is 0 Å².